The van der Waals surface area contributed by atoms with Crippen molar-refractivity contribution in [3.8, 4) is 11.3 Å². The van der Waals surface area contributed by atoms with Crippen LogP contribution in [-0.2, 0) is 10.9 Å². The van der Waals surface area contributed by atoms with Gasteiger partial charge in [0.15, 0.2) is 0 Å². The molecular weight excluding hydrogens is 461 g/mol. The predicted octanol–water partition coefficient (Wildman–Crippen LogP) is 4.00. The van der Waals surface area contributed by atoms with Crippen LogP contribution in [0.25, 0.3) is 16.8 Å². The highest BCUT2D eigenvalue weighted by Crippen LogP contribution is 2.57. The number of nitrogen functional groups attached to an aromatic ring is 1. The summed E-state index contributed by atoms with van der Waals surface area (Å²) in [5.74, 6) is 1.72. The molecule has 8 nitrogen and oxygen atoms in total. The number of aromatic nitrogens is 4. The van der Waals surface area contributed by atoms with E-state index in [9.17, 15) is 18.0 Å². The lowest BCUT2D eigenvalue weighted by Crippen LogP contribution is -2.14. The molecule has 0 spiro atoms. The molecule has 1 aromatic carbocycles. The first-order valence-corrected chi connectivity index (χ1v) is 11.0. The van der Waals surface area contributed by atoms with E-state index in [-0.39, 0.29) is 11.4 Å². The summed E-state index contributed by atoms with van der Waals surface area (Å²) in [6, 6.07) is 8.24. The van der Waals surface area contributed by atoms with Crippen molar-refractivity contribution >= 4 is 23.1 Å². The monoisotopic (exact) mass is 480 g/mol. The third-order valence-corrected chi connectivity index (χ3v) is 6.61. The van der Waals surface area contributed by atoms with Crippen LogP contribution < -0.4 is 11.1 Å². The molecule has 1 saturated carbocycles. The van der Waals surface area contributed by atoms with E-state index in [1.54, 1.807) is 30.5 Å². The Morgan fingerprint density at radius 3 is 2.54 bits per heavy atom. The second-order valence-corrected chi connectivity index (χ2v) is 8.70. The van der Waals surface area contributed by atoms with Crippen LogP contribution in [0.4, 0.5) is 24.8 Å². The molecular formula is C24H19F3N6O2. The van der Waals surface area contributed by atoms with Gasteiger partial charge in [-0.2, -0.15) is 13.2 Å². The Morgan fingerprint density at radius 1 is 1.09 bits per heavy atom. The average Bonchev–Trinajstić information content (AvgIpc) is 3.17. The van der Waals surface area contributed by atoms with Gasteiger partial charge in [0, 0.05) is 35.6 Å². The quantitative estimate of drug-likeness (QED) is 0.457. The van der Waals surface area contributed by atoms with Gasteiger partial charge in [-0.15, -0.1) is 0 Å². The maximum absolute atomic E-state index is 12.9. The Labute approximate surface area is 197 Å². The van der Waals surface area contributed by atoms with Gasteiger partial charge < -0.3 is 15.8 Å². The zero-order valence-corrected chi connectivity index (χ0v) is 18.2. The average molecular weight is 480 g/mol. The number of carbonyl (C=O) groups excluding carboxylic acids is 1. The summed E-state index contributed by atoms with van der Waals surface area (Å²) in [5.41, 5.74) is 7.66. The first-order valence-electron chi connectivity index (χ1n) is 11.0. The zero-order chi connectivity index (χ0) is 24.3. The molecule has 6 rings (SSSR count). The number of halogens is 3. The van der Waals surface area contributed by atoms with Gasteiger partial charge in [-0.05, 0) is 36.1 Å². The Kier molecular flexibility index (Phi) is 4.78. The molecule has 35 heavy (non-hydrogen) atoms. The fraction of sp³-hybridized carbons (Fsp3) is 0.250. The van der Waals surface area contributed by atoms with Gasteiger partial charge in [-0.1, -0.05) is 12.1 Å². The molecule has 2 fully saturated rings. The van der Waals surface area contributed by atoms with Crippen LogP contribution in [-0.4, -0.2) is 38.5 Å². The molecule has 1 amide bonds. The number of pyridine rings is 1. The number of carbonyl (C=O) groups is 1. The zero-order valence-electron chi connectivity index (χ0n) is 18.2. The van der Waals surface area contributed by atoms with Crippen molar-refractivity contribution in [1.82, 2.24) is 19.4 Å². The van der Waals surface area contributed by atoms with Gasteiger partial charge >= 0.3 is 6.18 Å². The topological polar surface area (TPSA) is 107 Å². The molecule has 0 radical (unpaired) electrons. The molecule has 4 aromatic rings. The van der Waals surface area contributed by atoms with E-state index >= 15 is 0 Å². The normalized spacial score (nSPS) is 21.2. The molecule has 3 aromatic heterocycles. The van der Waals surface area contributed by atoms with Gasteiger partial charge in [-0.25, -0.2) is 15.0 Å². The predicted molar refractivity (Wildman–Crippen MR) is 121 cm³/mol. The fourth-order valence-corrected chi connectivity index (χ4v) is 4.79. The minimum Gasteiger partial charge on any atom is -0.382 e. The number of amides is 1. The lowest BCUT2D eigenvalue weighted by molar-refractivity contribution is -0.137. The second kappa shape index (κ2) is 7.77. The van der Waals surface area contributed by atoms with Gasteiger partial charge in [0.2, 0.25) is 0 Å². The van der Waals surface area contributed by atoms with Crippen LogP contribution in [0.15, 0.2) is 55.0 Å². The Morgan fingerprint density at radius 2 is 1.83 bits per heavy atom. The van der Waals surface area contributed by atoms with Crippen LogP contribution in [0.3, 0.4) is 0 Å². The summed E-state index contributed by atoms with van der Waals surface area (Å²) in [4.78, 5) is 25.5. The summed E-state index contributed by atoms with van der Waals surface area (Å²) < 4.78 is 46.3. The van der Waals surface area contributed by atoms with Crippen molar-refractivity contribution in [2.45, 2.75) is 12.1 Å². The van der Waals surface area contributed by atoms with Crippen LogP contribution >= 0.6 is 0 Å². The molecule has 1 saturated heterocycles. The number of hydrogen-bond donors (Lipinski definition) is 2. The van der Waals surface area contributed by atoms with E-state index in [2.05, 4.69) is 15.3 Å². The van der Waals surface area contributed by atoms with E-state index in [0.717, 1.165) is 42.9 Å². The van der Waals surface area contributed by atoms with Crippen molar-refractivity contribution < 1.29 is 22.7 Å². The standard InChI is InChI=1S/C24H19F3N6O2/c25-24(26,27)14-5-6-29-17(9-14)31-23(34)13-3-1-12(2-4-13)19-20-21(28)30-7-8-33(20)22(32-19)18-15-10-35-11-16(15)18/h1-9,15-16,18H,10-11H2,(H2,28,30)(H,29,31,34)/t15-,16+,18+. The number of fused-ring (bicyclic) bond motifs is 2. The van der Waals surface area contributed by atoms with Crippen molar-refractivity contribution in [2.75, 3.05) is 24.3 Å². The fourth-order valence-electron chi connectivity index (χ4n) is 4.79. The van der Waals surface area contributed by atoms with Gasteiger partial charge in [0.05, 0.1) is 18.8 Å². The molecule has 0 bridgehead atoms. The summed E-state index contributed by atoms with van der Waals surface area (Å²) in [7, 11) is 0. The summed E-state index contributed by atoms with van der Waals surface area (Å²) in [6.45, 7) is 1.45. The third-order valence-electron chi connectivity index (χ3n) is 6.61. The number of nitrogens with two attached hydrogens (primary N) is 1. The maximum Gasteiger partial charge on any atom is 0.416 e. The summed E-state index contributed by atoms with van der Waals surface area (Å²) >= 11 is 0. The largest absolute Gasteiger partial charge is 0.416 e. The second-order valence-electron chi connectivity index (χ2n) is 8.70. The highest BCUT2D eigenvalue weighted by Gasteiger charge is 2.56. The molecule has 3 atom stereocenters. The third kappa shape index (κ3) is 3.68. The molecule has 178 valence electrons. The first kappa shape index (κ1) is 21.5. The van der Waals surface area contributed by atoms with Crippen molar-refractivity contribution in [2.24, 2.45) is 11.8 Å². The number of rotatable bonds is 4. The number of benzene rings is 1. The van der Waals surface area contributed by atoms with Crippen LogP contribution in [0.2, 0.25) is 0 Å². The highest BCUT2D eigenvalue weighted by atomic mass is 19.4. The summed E-state index contributed by atoms with van der Waals surface area (Å²) in [6.07, 6.45) is -0.0435. The van der Waals surface area contributed by atoms with Crippen molar-refractivity contribution in [3.63, 3.8) is 0 Å². The number of ether oxygens (including phenoxy) is 1. The van der Waals surface area contributed by atoms with E-state index in [0.29, 0.717) is 34.8 Å². The van der Waals surface area contributed by atoms with Gasteiger partial charge in [0.25, 0.3) is 5.91 Å². The molecule has 0 unspecified atom stereocenters. The lowest BCUT2D eigenvalue weighted by Gasteiger charge is -2.09. The molecule has 11 heteroatoms. The van der Waals surface area contributed by atoms with Crippen LogP contribution in [0, 0.1) is 11.8 Å². The van der Waals surface area contributed by atoms with Gasteiger partial charge in [0.1, 0.15) is 28.7 Å². The molecule has 1 aliphatic carbocycles. The Bertz CT molecular complexity index is 1440. The van der Waals surface area contributed by atoms with Crippen LogP contribution in [0.5, 0.6) is 0 Å². The number of alkyl halides is 3. The number of anilines is 2. The minimum atomic E-state index is -4.53. The molecule has 4 heterocycles. The SMILES string of the molecule is Nc1nccn2c([C@H]3[C@@H]4COC[C@@H]43)nc(-c3ccc(C(=O)Nc4cc(C(F)(F)F)ccn4)cc3)c12. The van der Waals surface area contributed by atoms with E-state index < -0.39 is 17.6 Å². The Hall–Kier alpha value is -3.99. The molecule has 1 aliphatic heterocycles. The number of imidazole rings is 1. The minimum absolute atomic E-state index is 0.184. The lowest BCUT2D eigenvalue weighted by atomic mass is 10.1. The first-order chi connectivity index (χ1) is 16.8. The summed E-state index contributed by atoms with van der Waals surface area (Å²) in [5, 5.41) is 2.41. The van der Waals surface area contributed by atoms with E-state index in [1.165, 1.54) is 0 Å². The number of hydrogen-bond acceptors (Lipinski definition) is 6. The maximum atomic E-state index is 12.9. The number of nitrogens with one attached hydrogen (secondary N) is 1. The number of nitrogens with zero attached hydrogens (tertiary/aromatic N) is 4. The molecule has 3 N–H and O–H groups in total. The van der Waals surface area contributed by atoms with Crippen molar-refractivity contribution in [1.29, 1.82) is 0 Å². The van der Waals surface area contributed by atoms with E-state index in [1.807, 2.05) is 10.6 Å². The smallest absolute Gasteiger partial charge is 0.382 e. The van der Waals surface area contributed by atoms with Gasteiger partial charge in [-0.3, -0.25) is 9.20 Å². The Balaban J connectivity index is 1.28. The highest BCUT2D eigenvalue weighted by molar-refractivity contribution is 6.04. The van der Waals surface area contributed by atoms with Crippen molar-refractivity contribution in [3.05, 3.63) is 71.9 Å². The van der Waals surface area contributed by atoms with Crippen LogP contribution in [0.1, 0.15) is 27.7 Å². The van der Waals surface area contributed by atoms with E-state index in [4.69, 9.17) is 15.5 Å². The molecule has 2 aliphatic rings.